The number of halogens is 1. The Morgan fingerprint density at radius 3 is 2.38 bits per heavy atom. The number of nitrogens with zero attached hydrogens (tertiary/aromatic N) is 2. The summed E-state index contributed by atoms with van der Waals surface area (Å²) in [5.74, 6) is -0.605. The highest BCUT2D eigenvalue weighted by Crippen LogP contribution is 2.30. The summed E-state index contributed by atoms with van der Waals surface area (Å²) >= 11 is 1.58. The molecule has 4 amide bonds. The van der Waals surface area contributed by atoms with Crippen LogP contribution in [0.3, 0.4) is 0 Å². The van der Waals surface area contributed by atoms with Crippen molar-refractivity contribution >= 4 is 47.4 Å². The number of carbonyl (C=O) groups is 4. The predicted octanol–water partition coefficient (Wildman–Crippen LogP) is 5.29. The smallest absolute Gasteiger partial charge is 0.246 e. The van der Waals surface area contributed by atoms with Gasteiger partial charge in [-0.25, -0.2) is 4.98 Å². The van der Waals surface area contributed by atoms with Gasteiger partial charge in [0.25, 0.3) is 0 Å². The molecule has 1 saturated heterocycles. The van der Waals surface area contributed by atoms with Crippen molar-refractivity contribution in [2.45, 2.75) is 123 Å². The van der Waals surface area contributed by atoms with Gasteiger partial charge in [-0.1, -0.05) is 57.5 Å². The Hall–Kier alpha value is -4.04. The number of aromatic nitrogens is 1. The number of benzene rings is 2. The summed E-state index contributed by atoms with van der Waals surface area (Å²) in [5.41, 5.74) is 17.6. The van der Waals surface area contributed by atoms with Gasteiger partial charge in [0.1, 0.15) is 24.4 Å². The summed E-state index contributed by atoms with van der Waals surface area (Å²) in [5, 5.41) is 16.6. The van der Waals surface area contributed by atoms with Crippen LogP contribution < -0.4 is 26.8 Å². The quantitative estimate of drug-likeness (QED) is 0.107. The topological polar surface area (TPSA) is 190 Å². The van der Waals surface area contributed by atoms with Gasteiger partial charge in [0.05, 0.1) is 28.2 Å². The molecular formula is C41H59ClN6O6S. The van der Waals surface area contributed by atoms with Crippen molar-refractivity contribution in [2.24, 2.45) is 16.9 Å². The summed E-state index contributed by atoms with van der Waals surface area (Å²) in [7, 11) is 0. The number of primary amides is 1. The number of carbonyl (C=O) groups excluding carboxylic acids is 4. The fraction of sp³-hybridized carbons (Fsp3) is 0.537. The van der Waals surface area contributed by atoms with Gasteiger partial charge in [-0.3, -0.25) is 19.2 Å². The molecule has 1 aliphatic rings. The molecular weight excluding hydrogens is 740 g/mol. The number of nitrogens with one attached hydrogen (secondary N) is 2. The van der Waals surface area contributed by atoms with Crippen molar-refractivity contribution in [2.75, 3.05) is 13.2 Å². The van der Waals surface area contributed by atoms with Gasteiger partial charge >= 0.3 is 0 Å². The van der Waals surface area contributed by atoms with Crippen molar-refractivity contribution in [1.29, 1.82) is 0 Å². The van der Waals surface area contributed by atoms with Crippen LogP contribution in [-0.4, -0.2) is 76.0 Å². The number of aliphatic hydroxyl groups excluding tert-OH is 1. The molecule has 302 valence electrons. The van der Waals surface area contributed by atoms with E-state index in [1.807, 2.05) is 83.5 Å². The Kier molecular flexibility index (Phi) is 17.1. The van der Waals surface area contributed by atoms with Gasteiger partial charge < -0.3 is 36.8 Å². The minimum atomic E-state index is -0.875. The molecule has 4 rings (SSSR count). The second kappa shape index (κ2) is 20.8. The van der Waals surface area contributed by atoms with E-state index in [9.17, 15) is 24.3 Å². The fourth-order valence-electron chi connectivity index (χ4n) is 6.71. The van der Waals surface area contributed by atoms with E-state index < -0.39 is 23.6 Å². The number of ether oxygens (including phenoxy) is 1. The molecule has 1 fully saturated rings. The van der Waals surface area contributed by atoms with Crippen LogP contribution in [0.25, 0.3) is 10.4 Å². The van der Waals surface area contributed by atoms with Crippen LogP contribution in [0, 0.1) is 19.3 Å². The van der Waals surface area contributed by atoms with Crippen molar-refractivity contribution in [3.8, 4) is 16.2 Å². The van der Waals surface area contributed by atoms with E-state index in [-0.39, 0.29) is 73.9 Å². The molecule has 0 unspecified atom stereocenters. The monoisotopic (exact) mass is 798 g/mol. The molecule has 55 heavy (non-hydrogen) atoms. The van der Waals surface area contributed by atoms with Gasteiger partial charge in [-0.2, -0.15) is 0 Å². The van der Waals surface area contributed by atoms with Crippen molar-refractivity contribution in [3.63, 3.8) is 0 Å². The first-order valence-electron chi connectivity index (χ1n) is 18.9. The standard InChI is InChI=1S/C41H58N6O6S.ClH/c1-25-18-28(20-33(19-25)53-23-31(42)16-17-35(43)49)10-8-7-9-11-36(50)46-38(41(4,5)6)40(52)47-22-32(48)21-34(47)39(51)45-26(2)29-12-14-30(15-13-29)37-27(3)44-24-54-37;/h12-15,18-20,24,26,31-32,34,38,48H,7-11,16-17,21-23,42H2,1-6H3,(H2,43,49)(H,45,51)(H,46,50);1H/t26-,31-,32+,34-,38+;/m0./s1. The normalized spacial score (nSPS) is 17.1. The van der Waals surface area contributed by atoms with Gasteiger partial charge in [-0.05, 0) is 86.3 Å². The fourth-order valence-corrected chi connectivity index (χ4v) is 7.52. The van der Waals surface area contributed by atoms with Crippen molar-refractivity contribution in [3.05, 3.63) is 70.4 Å². The molecule has 14 heteroatoms. The van der Waals surface area contributed by atoms with Crippen LogP contribution in [0.4, 0.5) is 0 Å². The number of hydrogen-bond acceptors (Lipinski definition) is 9. The highest BCUT2D eigenvalue weighted by Gasteiger charge is 2.44. The first kappa shape index (κ1) is 45.4. The maximum absolute atomic E-state index is 14.0. The third kappa shape index (κ3) is 13.6. The van der Waals surface area contributed by atoms with E-state index in [1.54, 1.807) is 11.3 Å². The summed E-state index contributed by atoms with van der Waals surface area (Å²) in [6.45, 7) is 11.8. The minimum absolute atomic E-state index is 0. The molecule has 5 atom stereocenters. The first-order valence-corrected chi connectivity index (χ1v) is 19.8. The number of likely N-dealkylation sites (tertiary alicyclic amines) is 1. The van der Waals surface area contributed by atoms with Crippen LogP contribution in [-0.2, 0) is 25.6 Å². The molecule has 1 aromatic heterocycles. The average molecular weight is 799 g/mol. The SMILES string of the molecule is Cc1cc(CCCCCC(=O)N[C@H](C(=O)N2C[C@H](O)C[C@H]2C(=O)N[C@@H](C)c2ccc(-c3scnc3C)cc2)C(C)(C)C)cc(OC[C@@H](N)CCC(N)=O)c1.Cl. The molecule has 7 N–H and O–H groups in total. The lowest BCUT2D eigenvalue weighted by Gasteiger charge is -2.35. The van der Waals surface area contributed by atoms with Crippen LogP contribution in [0.1, 0.15) is 101 Å². The molecule has 1 aliphatic heterocycles. The molecule has 2 heterocycles. The maximum atomic E-state index is 14.0. The lowest BCUT2D eigenvalue weighted by molar-refractivity contribution is -0.144. The highest BCUT2D eigenvalue weighted by atomic mass is 35.5. The van der Waals surface area contributed by atoms with Gasteiger partial charge in [0.2, 0.25) is 23.6 Å². The van der Waals surface area contributed by atoms with E-state index in [4.69, 9.17) is 16.2 Å². The van der Waals surface area contributed by atoms with E-state index in [0.29, 0.717) is 19.4 Å². The summed E-state index contributed by atoms with van der Waals surface area (Å²) in [6.07, 6.45) is 3.38. The summed E-state index contributed by atoms with van der Waals surface area (Å²) in [6, 6.07) is 11.7. The second-order valence-corrected chi connectivity index (χ2v) is 16.5. The molecule has 12 nitrogen and oxygen atoms in total. The molecule has 3 aromatic rings. The highest BCUT2D eigenvalue weighted by molar-refractivity contribution is 7.13. The van der Waals surface area contributed by atoms with E-state index >= 15 is 0 Å². The van der Waals surface area contributed by atoms with Gasteiger partial charge in [0.15, 0.2) is 0 Å². The largest absolute Gasteiger partial charge is 0.492 e. The number of nitrogens with two attached hydrogens (primary N) is 2. The van der Waals surface area contributed by atoms with Crippen LogP contribution in [0.5, 0.6) is 5.75 Å². The summed E-state index contributed by atoms with van der Waals surface area (Å²) < 4.78 is 5.88. The number of β-amino-alcohol motifs (C(OH)–C–C–N with tert-alkyl or cyclic N) is 1. The lowest BCUT2D eigenvalue weighted by atomic mass is 9.85. The number of aryl methyl sites for hydroxylation is 3. The number of unbranched alkanes of at least 4 members (excludes halogenated alkanes) is 2. The average Bonchev–Trinajstić information content (AvgIpc) is 3.72. The zero-order valence-corrected chi connectivity index (χ0v) is 34.6. The maximum Gasteiger partial charge on any atom is 0.246 e. The zero-order chi connectivity index (χ0) is 39.6. The Bertz CT molecular complexity index is 1750. The molecule has 2 aromatic carbocycles. The number of rotatable bonds is 18. The van der Waals surface area contributed by atoms with Crippen LogP contribution >= 0.6 is 23.7 Å². The molecule has 0 radical (unpaired) electrons. The van der Waals surface area contributed by atoms with E-state index in [2.05, 4.69) is 21.7 Å². The Morgan fingerprint density at radius 2 is 1.75 bits per heavy atom. The zero-order valence-electron chi connectivity index (χ0n) is 32.9. The predicted molar refractivity (Wildman–Crippen MR) is 219 cm³/mol. The Balaban J connectivity index is 0.00000812. The first-order chi connectivity index (χ1) is 25.5. The van der Waals surface area contributed by atoms with Gasteiger partial charge in [0, 0.05) is 31.8 Å². The molecule has 0 spiro atoms. The molecule has 0 bridgehead atoms. The van der Waals surface area contributed by atoms with Crippen LogP contribution in [0.2, 0.25) is 0 Å². The lowest BCUT2D eigenvalue weighted by Crippen LogP contribution is -2.57. The number of hydrogen-bond donors (Lipinski definition) is 5. The Labute approximate surface area is 335 Å². The van der Waals surface area contributed by atoms with E-state index in [1.165, 1.54) is 4.90 Å². The van der Waals surface area contributed by atoms with Crippen LogP contribution in [0.15, 0.2) is 48.0 Å². The molecule has 0 aliphatic carbocycles. The van der Waals surface area contributed by atoms with Crippen molar-refractivity contribution < 1.29 is 29.0 Å². The molecule has 0 saturated carbocycles. The Morgan fingerprint density at radius 1 is 1.04 bits per heavy atom. The number of aliphatic hydroxyl groups is 1. The van der Waals surface area contributed by atoms with E-state index in [0.717, 1.165) is 57.8 Å². The summed E-state index contributed by atoms with van der Waals surface area (Å²) in [4.78, 5) is 58.7. The minimum Gasteiger partial charge on any atom is -0.492 e. The third-order valence-electron chi connectivity index (χ3n) is 9.77. The van der Waals surface area contributed by atoms with Gasteiger partial charge in [-0.15, -0.1) is 23.7 Å². The second-order valence-electron chi connectivity index (χ2n) is 15.7. The third-order valence-corrected chi connectivity index (χ3v) is 10.7. The number of amides is 4. The number of thiazole rings is 1. The van der Waals surface area contributed by atoms with Crippen molar-refractivity contribution in [1.82, 2.24) is 20.5 Å².